The average Bonchev–Trinajstić information content (AvgIpc) is 3.38. The van der Waals surface area contributed by atoms with Gasteiger partial charge in [0.2, 0.25) is 10.0 Å². The van der Waals surface area contributed by atoms with Crippen LogP contribution in [0.4, 0.5) is 0 Å². The molecule has 4 rings (SSSR count). The Morgan fingerprint density at radius 3 is 2.44 bits per heavy atom. The Labute approximate surface area is 195 Å². The first kappa shape index (κ1) is 23.2. The van der Waals surface area contributed by atoms with Crippen molar-refractivity contribution in [1.82, 2.24) is 19.2 Å². The van der Waals surface area contributed by atoms with Gasteiger partial charge in [-0.2, -0.15) is 0 Å². The van der Waals surface area contributed by atoms with E-state index in [4.69, 9.17) is 16.6 Å². The third kappa shape index (κ3) is 4.31. The molecular formula is C24H31ClN4O2S. The first-order valence-corrected chi connectivity index (χ1v) is 13.0. The molecule has 0 aliphatic heterocycles. The summed E-state index contributed by atoms with van der Waals surface area (Å²) in [4.78, 5) is 5.13. The van der Waals surface area contributed by atoms with E-state index in [2.05, 4.69) is 28.9 Å². The van der Waals surface area contributed by atoms with Crippen molar-refractivity contribution in [1.29, 1.82) is 0 Å². The SMILES string of the molecule is CCCn1c(CNC2(c3ccc(Cl)cc3)CCCC2)nc2cc(S(=O)(=O)N(C)C)ccc21. The van der Waals surface area contributed by atoms with Gasteiger partial charge in [0, 0.05) is 31.2 Å². The molecule has 0 bridgehead atoms. The Hall–Kier alpha value is -1.93. The minimum Gasteiger partial charge on any atom is -0.327 e. The lowest BCUT2D eigenvalue weighted by molar-refractivity contribution is 0.332. The third-order valence-corrected chi connectivity index (χ3v) is 8.53. The van der Waals surface area contributed by atoms with E-state index < -0.39 is 10.0 Å². The number of imidazole rings is 1. The fourth-order valence-corrected chi connectivity index (χ4v) is 5.75. The van der Waals surface area contributed by atoms with Gasteiger partial charge in [-0.25, -0.2) is 17.7 Å². The second kappa shape index (κ2) is 9.14. The summed E-state index contributed by atoms with van der Waals surface area (Å²) >= 11 is 6.12. The lowest BCUT2D eigenvalue weighted by atomic mass is 9.88. The zero-order valence-electron chi connectivity index (χ0n) is 18.9. The van der Waals surface area contributed by atoms with Gasteiger partial charge in [-0.1, -0.05) is 43.5 Å². The zero-order chi connectivity index (χ0) is 22.9. The third-order valence-electron chi connectivity index (χ3n) is 6.46. The quantitative estimate of drug-likeness (QED) is 0.503. The van der Waals surface area contributed by atoms with Crippen molar-refractivity contribution in [3.8, 4) is 0 Å². The van der Waals surface area contributed by atoms with Crippen LogP contribution in [0.25, 0.3) is 11.0 Å². The highest BCUT2D eigenvalue weighted by Crippen LogP contribution is 2.39. The summed E-state index contributed by atoms with van der Waals surface area (Å²) in [5, 5.41) is 4.56. The van der Waals surface area contributed by atoms with Crippen molar-refractivity contribution >= 4 is 32.7 Å². The smallest absolute Gasteiger partial charge is 0.242 e. The van der Waals surface area contributed by atoms with Crippen LogP contribution in [-0.4, -0.2) is 36.4 Å². The van der Waals surface area contributed by atoms with E-state index in [1.165, 1.54) is 22.7 Å². The molecule has 1 aliphatic carbocycles. The molecule has 3 aromatic rings. The Balaban J connectivity index is 1.68. The molecule has 1 heterocycles. The molecule has 172 valence electrons. The number of hydrogen-bond acceptors (Lipinski definition) is 4. The first-order valence-electron chi connectivity index (χ1n) is 11.2. The molecule has 2 aromatic carbocycles. The van der Waals surface area contributed by atoms with Gasteiger partial charge in [-0.05, 0) is 55.2 Å². The maximum atomic E-state index is 12.6. The monoisotopic (exact) mass is 474 g/mol. The van der Waals surface area contributed by atoms with E-state index in [0.717, 1.165) is 42.2 Å². The number of fused-ring (bicyclic) bond motifs is 1. The summed E-state index contributed by atoms with van der Waals surface area (Å²) in [6.07, 6.45) is 5.50. The van der Waals surface area contributed by atoms with Gasteiger partial charge in [-0.15, -0.1) is 0 Å². The molecule has 0 atom stereocenters. The van der Waals surface area contributed by atoms with Gasteiger partial charge in [0.05, 0.1) is 22.5 Å². The van der Waals surface area contributed by atoms with Gasteiger partial charge in [0.1, 0.15) is 5.82 Å². The molecule has 8 heteroatoms. The largest absolute Gasteiger partial charge is 0.327 e. The molecule has 1 aliphatic rings. The van der Waals surface area contributed by atoms with E-state index >= 15 is 0 Å². The first-order chi connectivity index (χ1) is 15.3. The molecule has 1 N–H and O–H groups in total. The van der Waals surface area contributed by atoms with Gasteiger partial charge in [0.15, 0.2) is 0 Å². The number of rotatable bonds is 8. The molecule has 0 spiro atoms. The standard InChI is InChI=1S/C24H31ClN4O2S/c1-4-15-29-22-12-11-20(32(30,31)28(2)3)16-21(22)27-23(29)17-26-24(13-5-6-14-24)18-7-9-19(25)10-8-18/h7-12,16,26H,4-6,13-15,17H2,1-3H3. The van der Waals surface area contributed by atoms with Crippen LogP contribution in [0.15, 0.2) is 47.4 Å². The second-order valence-corrected chi connectivity index (χ2v) is 11.4. The summed E-state index contributed by atoms with van der Waals surface area (Å²) in [7, 11) is -0.413. The molecule has 0 saturated heterocycles. The number of hydrogen-bond donors (Lipinski definition) is 1. The highest BCUT2D eigenvalue weighted by molar-refractivity contribution is 7.89. The van der Waals surface area contributed by atoms with Crippen molar-refractivity contribution in [3.63, 3.8) is 0 Å². The molecule has 1 fully saturated rings. The van der Waals surface area contributed by atoms with Crippen LogP contribution in [0.1, 0.15) is 50.4 Å². The number of sulfonamides is 1. The van der Waals surface area contributed by atoms with Gasteiger partial charge >= 0.3 is 0 Å². The molecule has 0 amide bonds. The van der Waals surface area contributed by atoms with Crippen molar-refractivity contribution in [2.75, 3.05) is 14.1 Å². The second-order valence-electron chi connectivity index (χ2n) is 8.77. The molecule has 0 unspecified atom stereocenters. The van der Waals surface area contributed by atoms with Crippen molar-refractivity contribution in [3.05, 3.63) is 58.9 Å². The summed E-state index contributed by atoms with van der Waals surface area (Å²) in [6, 6.07) is 13.4. The van der Waals surface area contributed by atoms with Gasteiger partial charge < -0.3 is 9.88 Å². The molecule has 6 nitrogen and oxygen atoms in total. The van der Waals surface area contributed by atoms with Crippen LogP contribution in [0, 0.1) is 0 Å². The fourth-order valence-electron chi connectivity index (χ4n) is 4.70. The van der Waals surface area contributed by atoms with Crippen molar-refractivity contribution in [2.45, 2.75) is 62.6 Å². The van der Waals surface area contributed by atoms with Crippen LogP contribution in [0.3, 0.4) is 0 Å². The number of aromatic nitrogens is 2. The fraction of sp³-hybridized carbons (Fsp3) is 0.458. The van der Waals surface area contributed by atoms with Crippen LogP contribution < -0.4 is 5.32 Å². The Bertz CT molecular complexity index is 1200. The lowest BCUT2D eigenvalue weighted by Gasteiger charge is -2.31. The summed E-state index contributed by atoms with van der Waals surface area (Å²) in [6.45, 7) is 3.59. The topological polar surface area (TPSA) is 67.2 Å². The number of nitrogens with zero attached hydrogens (tertiary/aromatic N) is 3. The Morgan fingerprint density at radius 1 is 1.12 bits per heavy atom. The summed E-state index contributed by atoms with van der Waals surface area (Å²) in [5.74, 6) is 0.932. The van der Waals surface area contributed by atoms with E-state index in [1.807, 2.05) is 18.2 Å². The van der Waals surface area contributed by atoms with Crippen LogP contribution in [-0.2, 0) is 28.7 Å². The predicted molar refractivity (Wildman–Crippen MR) is 129 cm³/mol. The molecule has 32 heavy (non-hydrogen) atoms. The van der Waals surface area contributed by atoms with Crippen LogP contribution >= 0.6 is 11.6 Å². The van der Waals surface area contributed by atoms with Crippen molar-refractivity contribution < 1.29 is 8.42 Å². The average molecular weight is 475 g/mol. The Kier molecular flexibility index (Phi) is 6.63. The minimum atomic E-state index is -3.50. The minimum absolute atomic E-state index is 0.0841. The number of benzene rings is 2. The normalized spacial score (nSPS) is 16.3. The number of nitrogens with one attached hydrogen (secondary N) is 1. The maximum Gasteiger partial charge on any atom is 0.242 e. The van der Waals surface area contributed by atoms with Gasteiger partial charge in [0.25, 0.3) is 0 Å². The van der Waals surface area contributed by atoms with Gasteiger partial charge in [-0.3, -0.25) is 0 Å². The molecule has 1 aromatic heterocycles. The highest BCUT2D eigenvalue weighted by Gasteiger charge is 2.35. The van der Waals surface area contributed by atoms with Crippen LogP contribution in [0.2, 0.25) is 5.02 Å². The highest BCUT2D eigenvalue weighted by atomic mass is 35.5. The van der Waals surface area contributed by atoms with E-state index in [9.17, 15) is 8.42 Å². The zero-order valence-corrected chi connectivity index (χ0v) is 20.5. The Morgan fingerprint density at radius 2 is 1.81 bits per heavy atom. The lowest BCUT2D eigenvalue weighted by Crippen LogP contribution is -2.40. The predicted octanol–water partition coefficient (Wildman–Crippen LogP) is 4.91. The van der Waals surface area contributed by atoms with E-state index in [0.29, 0.717) is 12.1 Å². The van der Waals surface area contributed by atoms with E-state index in [1.54, 1.807) is 26.2 Å². The van der Waals surface area contributed by atoms with Crippen LogP contribution in [0.5, 0.6) is 0 Å². The number of aryl methyl sites for hydroxylation is 1. The summed E-state index contributed by atoms with van der Waals surface area (Å²) in [5.41, 5.74) is 2.86. The summed E-state index contributed by atoms with van der Waals surface area (Å²) < 4.78 is 28.6. The molecule has 1 saturated carbocycles. The van der Waals surface area contributed by atoms with Crippen molar-refractivity contribution in [2.24, 2.45) is 0 Å². The number of halogens is 1. The van der Waals surface area contributed by atoms with E-state index in [-0.39, 0.29) is 10.4 Å². The maximum absolute atomic E-state index is 12.6. The molecular weight excluding hydrogens is 444 g/mol. The molecule has 0 radical (unpaired) electrons.